The Hall–Kier alpha value is -1.02. The number of nitrogens with one attached hydrogen (secondary N) is 1. The predicted octanol–water partition coefficient (Wildman–Crippen LogP) is 20.9. The van der Waals surface area contributed by atoms with E-state index in [0.29, 0.717) is 23.9 Å². The number of nitrogens with zero attached hydrogens (tertiary/aromatic N) is 1. The van der Waals surface area contributed by atoms with Crippen molar-refractivity contribution in [2.45, 2.75) is 366 Å². The number of phosphoric ester groups is 1. The minimum Gasteiger partial charge on any atom is -0.756 e. The Bertz CT molecular complexity index is 1300. The Morgan fingerprint density at radius 1 is 0.455 bits per heavy atom. The van der Waals surface area contributed by atoms with E-state index in [0.717, 1.165) is 44.9 Å². The number of aliphatic hydroxyl groups is 1. The van der Waals surface area contributed by atoms with Gasteiger partial charge in [-0.25, -0.2) is 0 Å². The van der Waals surface area contributed by atoms with Crippen LogP contribution in [0.1, 0.15) is 354 Å². The number of unbranched alkanes of at least 4 members (excludes halogenated alkanes) is 47. The summed E-state index contributed by atoms with van der Waals surface area (Å²) >= 11 is 0. The molecule has 0 aliphatic carbocycles. The average Bonchev–Trinajstić information content (AvgIpc) is 3.39. The summed E-state index contributed by atoms with van der Waals surface area (Å²) < 4.78 is 23.5. The van der Waals surface area contributed by atoms with E-state index >= 15 is 0 Å². The molecule has 8 nitrogen and oxygen atoms in total. The Kier molecular flexibility index (Phi) is 58.8. The maximum absolute atomic E-state index is 13.0. The van der Waals surface area contributed by atoms with E-state index < -0.39 is 20.0 Å². The van der Waals surface area contributed by atoms with E-state index in [1.165, 1.54) is 283 Å². The minimum absolute atomic E-state index is 0.0146. The molecule has 0 aromatic heterocycles. The van der Waals surface area contributed by atoms with Gasteiger partial charge in [0.15, 0.2) is 0 Å². The van der Waals surface area contributed by atoms with Gasteiger partial charge in [0.1, 0.15) is 13.2 Å². The number of likely N-dealkylation sites (N-methyl/N-ethyl adjacent to an activating group) is 1. The lowest BCUT2D eigenvalue weighted by Gasteiger charge is -2.30. The number of amides is 1. The molecule has 0 saturated heterocycles. The van der Waals surface area contributed by atoms with Gasteiger partial charge in [-0.2, -0.15) is 0 Å². The van der Waals surface area contributed by atoms with Crippen LogP contribution in [0.5, 0.6) is 0 Å². The van der Waals surface area contributed by atoms with Crippen LogP contribution in [0, 0.1) is 0 Å². The second-order valence-corrected chi connectivity index (χ2v) is 26.3. The molecule has 9 heteroatoms. The third kappa shape index (κ3) is 62.4. The van der Waals surface area contributed by atoms with E-state index in [9.17, 15) is 19.4 Å². The van der Waals surface area contributed by atoms with Gasteiger partial charge in [0.25, 0.3) is 7.82 Å². The van der Waals surface area contributed by atoms with Crippen molar-refractivity contribution in [3.8, 4) is 0 Å². The molecule has 0 aliphatic rings. The van der Waals surface area contributed by atoms with Gasteiger partial charge in [-0.3, -0.25) is 9.36 Å². The average molecular weight is 1110 g/mol. The van der Waals surface area contributed by atoms with Crippen LogP contribution in [-0.4, -0.2) is 68.5 Å². The summed E-state index contributed by atoms with van der Waals surface area (Å²) in [5, 5.41) is 14.1. The van der Waals surface area contributed by atoms with Crippen molar-refractivity contribution >= 4 is 13.7 Å². The molecule has 0 bridgehead atoms. The van der Waals surface area contributed by atoms with Crippen LogP contribution in [0.3, 0.4) is 0 Å². The number of phosphoric acid groups is 1. The third-order valence-corrected chi connectivity index (χ3v) is 16.9. The molecule has 0 aromatic rings. The van der Waals surface area contributed by atoms with Gasteiger partial charge in [-0.1, -0.05) is 327 Å². The van der Waals surface area contributed by atoms with Crippen LogP contribution in [0.15, 0.2) is 24.3 Å². The molecule has 2 N–H and O–H groups in total. The highest BCUT2D eigenvalue weighted by Crippen LogP contribution is 2.38. The number of aliphatic hydroxyl groups excluding tert-OH is 1. The number of carbonyl (C=O) groups excluding carboxylic acids is 1. The van der Waals surface area contributed by atoms with Gasteiger partial charge >= 0.3 is 0 Å². The largest absolute Gasteiger partial charge is 0.756 e. The van der Waals surface area contributed by atoms with Crippen molar-refractivity contribution in [2.75, 3.05) is 40.9 Å². The molecular formula is C68H135N2O6P. The summed E-state index contributed by atoms with van der Waals surface area (Å²) in [6.07, 6.45) is 76.8. The highest BCUT2D eigenvalue weighted by atomic mass is 31.2. The molecule has 458 valence electrons. The molecule has 0 heterocycles. The molecule has 3 unspecified atom stereocenters. The zero-order chi connectivity index (χ0) is 56.3. The first kappa shape index (κ1) is 76.0. The fourth-order valence-corrected chi connectivity index (χ4v) is 11.3. The summed E-state index contributed by atoms with van der Waals surface area (Å²) in [5.74, 6) is -0.158. The lowest BCUT2D eigenvalue weighted by molar-refractivity contribution is -0.870. The molecule has 0 rings (SSSR count). The van der Waals surface area contributed by atoms with Gasteiger partial charge in [0.2, 0.25) is 5.91 Å². The summed E-state index contributed by atoms with van der Waals surface area (Å²) in [6, 6.07) is -0.799. The Morgan fingerprint density at radius 2 is 0.753 bits per heavy atom. The first-order valence-electron chi connectivity index (χ1n) is 34.2. The molecule has 0 fully saturated rings. The van der Waals surface area contributed by atoms with Gasteiger partial charge in [0.05, 0.1) is 39.9 Å². The van der Waals surface area contributed by atoms with E-state index in [-0.39, 0.29) is 19.1 Å². The number of quaternary nitrogens is 1. The molecule has 0 saturated carbocycles. The number of hydrogen-bond acceptors (Lipinski definition) is 6. The van der Waals surface area contributed by atoms with E-state index in [1.54, 1.807) is 0 Å². The minimum atomic E-state index is -4.58. The van der Waals surface area contributed by atoms with E-state index in [1.807, 2.05) is 21.1 Å². The first-order valence-corrected chi connectivity index (χ1v) is 35.6. The van der Waals surface area contributed by atoms with Crippen molar-refractivity contribution in [1.82, 2.24) is 5.32 Å². The molecule has 3 atom stereocenters. The Morgan fingerprint density at radius 3 is 1.08 bits per heavy atom. The molecule has 0 aromatic carbocycles. The quantitative estimate of drug-likeness (QED) is 0.0272. The number of hydrogen-bond donors (Lipinski definition) is 2. The SMILES string of the molecule is CCCCCCCCCCCCC/C=C\C/C=C\CCCCCCCCCCCCCCCCCCCC(=O)NC(COP(=O)([O-])OCC[N+](C)(C)C)C(O)CCCCCCCCCCCCCCCCCCCCCC. The molecular weight excluding hydrogens is 972 g/mol. The van der Waals surface area contributed by atoms with Gasteiger partial charge in [-0.05, 0) is 44.9 Å². The highest BCUT2D eigenvalue weighted by Gasteiger charge is 2.24. The van der Waals surface area contributed by atoms with Crippen LogP contribution >= 0.6 is 7.82 Å². The van der Waals surface area contributed by atoms with Gasteiger partial charge in [0, 0.05) is 6.42 Å². The third-order valence-electron chi connectivity index (χ3n) is 15.9. The Balaban J connectivity index is 3.97. The maximum Gasteiger partial charge on any atom is 0.268 e. The highest BCUT2D eigenvalue weighted by molar-refractivity contribution is 7.45. The molecule has 1 amide bonds. The topological polar surface area (TPSA) is 108 Å². The van der Waals surface area contributed by atoms with Gasteiger partial charge < -0.3 is 28.8 Å². The predicted molar refractivity (Wildman–Crippen MR) is 335 cm³/mol. The van der Waals surface area contributed by atoms with Crippen molar-refractivity contribution in [2.24, 2.45) is 0 Å². The second-order valence-electron chi connectivity index (χ2n) is 24.9. The number of rotatable bonds is 64. The van der Waals surface area contributed by atoms with E-state index in [4.69, 9.17) is 9.05 Å². The molecule has 77 heavy (non-hydrogen) atoms. The molecule has 0 radical (unpaired) electrons. The lowest BCUT2D eigenvalue weighted by Crippen LogP contribution is -2.46. The fraction of sp³-hybridized carbons (Fsp3) is 0.926. The van der Waals surface area contributed by atoms with Crippen LogP contribution in [0.25, 0.3) is 0 Å². The summed E-state index contributed by atoms with van der Waals surface area (Å²) in [6.45, 7) is 4.78. The Labute approximate surface area is 481 Å². The smallest absolute Gasteiger partial charge is 0.268 e. The molecule has 0 spiro atoms. The van der Waals surface area contributed by atoms with Crippen LogP contribution in [0.4, 0.5) is 0 Å². The van der Waals surface area contributed by atoms with Gasteiger partial charge in [-0.15, -0.1) is 0 Å². The van der Waals surface area contributed by atoms with Crippen molar-refractivity contribution in [3.05, 3.63) is 24.3 Å². The van der Waals surface area contributed by atoms with Crippen molar-refractivity contribution < 1.29 is 32.9 Å². The zero-order valence-corrected chi connectivity index (χ0v) is 53.3. The standard InChI is InChI=1S/C68H135N2O6P/c1-6-8-10-12-14-16-18-20-22-24-26-28-29-30-31-32-33-34-35-36-37-38-39-40-41-42-44-46-48-50-52-54-56-58-60-62-68(72)69-66(65-76-77(73,74)75-64-63-70(3,4)5)67(71)61-59-57-55-53-51-49-47-45-43-27-25-23-21-19-17-15-13-11-9-7-2/h29-30,32-33,66-67,71H,6-28,31,34-65H2,1-5H3,(H-,69,72,73,74)/b30-29-,33-32-. The monoisotopic (exact) mass is 1110 g/mol. The normalized spacial score (nSPS) is 13.8. The van der Waals surface area contributed by atoms with Crippen molar-refractivity contribution in [1.29, 1.82) is 0 Å². The lowest BCUT2D eigenvalue weighted by atomic mass is 10.0. The number of allylic oxidation sites excluding steroid dienone is 4. The molecule has 0 aliphatic heterocycles. The van der Waals surface area contributed by atoms with Crippen LogP contribution in [-0.2, 0) is 18.4 Å². The summed E-state index contributed by atoms with van der Waals surface area (Å²) in [7, 11) is 1.32. The maximum atomic E-state index is 13.0. The fourth-order valence-electron chi connectivity index (χ4n) is 10.6. The van der Waals surface area contributed by atoms with Crippen LogP contribution in [0.2, 0.25) is 0 Å². The second kappa shape index (κ2) is 59.6. The van der Waals surface area contributed by atoms with Crippen molar-refractivity contribution in [3.63, 3.8) is 0 Å². The summed E-state index contributed by atoms with van der Waals surface area (Å²) in [4.78, 5) is 25.6. The zero-order valence-electron chi connectivity index (χ0n) is 52.4. The van der Waals surface area contributed by atoms with Crippen LogP contribution < -0.4 is 10.2 Å². The first-order chi connectivity index (χ1) is 37.5. The summed E-state index contributed by atoms with van der Waals surface area (Å²) in [5.41, 5.74) is 0. The number of carbonyl (C=O) groups is 1. The van der Waals surface area contributed by atoms with E-state index in [2.05, 4.69) is 43.5 Å².